The minimum Gasteiger partial charge on any atom is -0.481 e. The van der Waals surface area contributed by atoms with Gasteiger partial charge in [0.25, 0.3) is 0 Å². The smallest absolute Gasteiger partial charge is 0.303 e. The molecule has 4 rings (SSSR count). The second-order valence-corrected chi connectivity index (χ2v) is 8.58. The molecule has 0 unspecified atom stereocenters. The maximum Gasteiger partial charge on any atom is 0.303 e. The zero-order chi connectivity index (χ0) is 23.4. The van der Waals surface area contributed by atoms with E-state index in [4.69, 9.17) is 5.11 Å². The van der Waals surface area contributed by atoms with Gasteiger partial charge in [0.15, 0.2) is 0 Å². The summed E-state index contributed by atoms with van der Waals surface area (Å²) in [7, 11) is 0. The van der Waals surface area contributed by atoms with E-state index in [1.54, 1.807) is 12.1 Å². The summed E-state index contributed by atoms with van der Waals surface area (Å²) in [5, 5.41) is 14.8. The van der Waals surface area contributed by atoms with E-state index in [1.165, 1.54) is 17.2 Å². The molecule has 0 aliphatic heterocycles. The predicted molar refractivity (Wildman–Crippen MR) is 132 cm³/mol. The minimum absolute atomic E-state index is 0.0953. The van der Waals surface area contributed by atoms with Gasteiger partial charge in [0.05, 0.1) is 0 Å². The van der Waals surface area contributed by atoms with Crippen molar-refractivity contribution in [2.45, 2.75) is 39.3 Å². The van der Waals surface area contributed by atoms with E-state index in [-0.39, 0.29) is 24.7 Å². The number of fused-ring (bicyclic) bond motifs is 1. The summed E-state index contributed by atoms with van der Waals surface area (Å²) in [5.74, 6) is -1.30. The lowest BCUT2D eigenvalue weighted by molar-refractivity contribution is -0.136. The van der Waals surface area contributed by atoms with Crippen LogP contribution in [0.2, 0.25) is 0 Å². The fourth-order valence-corrected chi connectivity index (χ4v) is 4.22. The zero-order valence-corrected chi connectivity index (χ0v) is 18.9. The van der Waals surface area contributed by atoms with Crippen LogP contribution in [-0.2, 0) is 17.8 Å². The number of rotatable bonds is 8. The maximum absolute atomic E-state index is 14.3. The van der Waals surface area contributed by atoms with Gasteiger partial charge >= 0.3 is 5.97 Å². The zero-order valence-electron chi connectivity index (χ0n) is 18.9. The lowest BCUT2D eigenvalue weighted by Gasteiger charge is -2.17. The number of hydrogen-bond acceptors (Lipinski definition) is 2. The van der Waals surface area contributed by atoms with Crippen molar-refractivity contribution in [1.29, 1.82) is 0 Å². The van der Waals surface area contributed by atoms with Crippen molar-refractivity contribution in [2.24, 2.45) is 0 Å². The highest BCUT2D eigenvalue weighted by atomic mass is 19.1. The average molecular weight is 442 g/mol. The first kappa shape index (κ1) is 22.7. The second kappa shape index (κ2) is 9.97. The molecule has 168 valence electrons. The quantitative estimate of drug-likeness (QED) is 0.315. The van der Waals surface area contributed by atoms with Gasteiger partial charge in [0, 0.05) is 19.0 Å². The van der Waals surface area contributed by atoms with E-state index >= 15 is 0 Å². The number of benzene rings is 4. The molecule has 0 heterocycles. The summed E-state index contributed by atoms with van der Waals surface area (Å²) in [4.78, 5) is 11.0. The fraction of sp³-hybridized carbons (Fsp3) is 0.207. The van der Waals surface area contributed by atoms with Crippen LogP contribution in [0.3, 0.4) is 0 Å². The van der Waals surface area contributed by atoms with Crippen LogP contribution in [0, 0.1) is 12.7 Å². The van der Waals surface area contributed by atoms with E-state index in [9.17, 15) is 9.18 Å². The molecular formula is C29H28FNO2. The van der Waals surface area contributed by atoms with E-state index in [1.807, 2.05) is 12.1 Å². The largest absolute Gasteiger partial charge is 0.481 e. The molecule has 4 aromatic carbocycles. The molecule has 4 aromatic rings. The van der Waals surface area contributed by atoms with Crippen molar-refractivity contribution in [3.63, 3.8) is 0 Å². The third kappa shape index (κ3) is 5.47. The second-order valence-electron chi connectivity index (χ2n) is 8.58. The van der Waals surface area contributed by atoms with Crippen LogP contribution in [0.25, 0.3) is 21.9 Å². The molecule has 0 radical (unpaired) electrons. The first-order valence-corrected chi connectivity index (χ1v) is 11.2. The average Bonchev–Trinajstić information content (AvgIpc) is 2.81. The predicted octanol–water partition coefficient (Wildman–Crippen LogP) is 6.82. The molecule has 1 atom stereocenters. The number of halogens is 1. The van der Waals surface area contributed by atoms with Crippen molar-refractivity contribution in [1.82, 2.24) is 5.32 Å². The Balaban J connectivity index is 1.66. The molecule has 3 nitrogen and oxygen atoms in total. The number of carbonyl (C=O) groups is 1. The number of nitrogens with one attached hydrogen (secondary N) is 1. The van der Waals surface area contributed by atoms with Gasteiger partial charge in [0.1, 0.15) is 5.82 Å². The van der Waals surface area contributed by atoms with Crippen molar-refractivity contribution in [2.75, 3.05) is 0 Å². The Morgan fingerprint density at radius 1 is 1.00 bits per heavy atom. The van der Waals surface area contributed by atoms with Crippen molar-refractivity contribution in [3.8, 4) is 11.1 Å². The lowest BCUT2D eigenvalue weighted by Crippen LogP contribution is -2.18. The number of carboxylic acids is 1. The van der Waals surface area contributed by atoms with Crippen LogP contribution in [0.15, 0.2) is 78.9 Å². The molecule has 0 saturated carbocycles. The molecule has 2 N–H and O–H groups in total. The maximum atomic E-state index is 14.3. The molecule has 0 saturated heterocycles. The van der Waals surface area contributed by atoms with Gasteiger partial charge in [-0.15, -0.1) is 0 Å². The van der Waals surface area contributed by atoms with Crippen LogP contribution < -0.4 is 5.32 Å². The third-order valence-electron chi connectivity index (χ3n) is 6.04. The Morgan fingerprint density at radius 2 is 1.82 bits per heavy atom. The summed E-state index contributed by atoms with van der Waals surface area (Å²) in [6.07, 6.45) is 0.0735. The highest BCUT2D eigenvalue weighted by Gasteiger charge is 2.12. The van der Waals surface area contributed by atoms with Crippen LogP contribution in [-0.4, -0.2) is 11.1 Å². The molecule has 0 aliphatic rings. The summed E-state index contributed by atoms with van der Waals surface area (Å²) in [5.41, 5.74) is 5.96. The first-order chi connectivity index (χ1) is 15.9. The minimum atomic E-state index is -0.930. The molecule has 0 aromatic heterocycles. The van der Waals surface area contributed by atoms with Crippen molar-refractivity contribution in [3.05, 3.63) is 107 Å². The Labute approximate surface area is 193 Å². The van der Waals surface area contributed by atoms with Crippen LogP contribution >= 0.6 is 0 Å². The lowest BCUT2D eigenvalue weighted by atomic mass is 9.93. The third-order valence-corrected chi connectivity index (χ3v) is 6.04. The number of hydrogen-bond donors (Lipinski definition) is 2. The standard InChI is InChI=1S/C29H28FNO2/c1-19-6-5-8-22(14-19)20(2)31-18-21-15-23-7-3-4-9-26(23)27(16-21)24-10-12-28(30)25(17-24)11-13-29(32)33/h3-10,12,14-17,20,31H,11,13,18H2,1-2H3,(H,32,33)/t20-/m1/s1. The summed E-state index contributed by atoms with van der Waals surface area (Å²) < 4.78 is 14.3. The van der Waals surface area contributed by atoms with E-state index in [0.29, 0.717) is 12.1 Å². The Kier molecular flexibility index (Phi) is 6.85. The molecule has 0 spiro atoms. The SMILES string of the molecule is Cc1cccc([C@@H](C)NCc2cc(-c3ccc(F)c(CCC(=O)O)c3)c3ccccc3c2)c1. The van der Waals surface area contributed by atoms with E-state index in [2.05, 4.69) is 67.7 Å². The normalized spacial score (nSPS) is 12.1. The number of carboxylic acid groups (broad SMARTS) is 1. The highest BCUT2D eigenvalue weighted by Crippen LogP contribution is 2.32. The molecular weight excluding hydrogens is 413 g/mol. The molecule has 0 amide bonds. The van der Waals surface area contributed by atoms with Crippen LogP contribution in [0.4, 0.5) is 4.39 Å². The Morgan fingerprint density at radius 3 is 2.61 bits per heavy atom. The van der Waals surface area contributed by atoms with Gasteiger partial charge in [-0.25, -0.2) is 4.39 Å². The van der Waals surface area contributed by atoms with Crippen LogP contribution in [0.1, 0.15) is 41.6 Å². The Bertz CT molecular complexity index is 1300. The van der Waals surface area contributed by atoms with Crippen molar-refractivity contribution >= 4 is 16.7 Å². The number of aryl methyl sites for hydroxylation is 2. The summed E-state index contributed by atoms with van der Waals surface area (Å²) in [6, 6.07) is 26.2. The van der Waals surface area contributed by atoms with E-state index < -0.39 is 5.97 Å². The van der Waals surface area contributed by atoms with Gasteiger partial charge in [-0.05, 0) is 83.1 Å². The van der Waals surface area contributed by atoms with Gasteiger partial charge in [0.2, 0.25) is 0 Å². The van der Waals surface area contributed by atoms with E-state index in [0.717, 1.165) is 27.5 Å². The molecule has 0 fully saturated rings. The van der Waals surface area contributed by atoms with Gasteiger partial charge in [-0.3, -0.25) is 4.79 Å². The topological polar surface area (TPSA) is 49.3 Å². The molecule has 0 bridgehead atoms. The molecule has 33 heavy (non-hydrogen) atoms. The van der Waals surface area contributed by atoms with Crippen LogP contribution in [0.5, 0.6) is 0 Å². The number of aliphatic carboxylic acids is 1. The molecule has 4 heteroatoms. The van der Waals surface area contributed by atoms with Gasteiger partial charge < -0.3 is 10.4 Å². The van der Waals surface area contributed by atoms with Gasteiger partial charge in [-0.1, -0.05) is 60.2 Å². The summed E-state index contributed by atoms with van der Waals surface area (Å²) in [6.45, 7) is 4.95. The monoisotopic (exact) mass is 441 g/mol. The molecule has 0 aliphatic carbocycles. The fourth-order valence-electron chi connectivity index (χ4n) is 4.22. The van der Waals surface area contributed by atoms with Gasteiger partial charge in [-0.2, -0.15) is 0 Å². The van der Waals surface area contributed by atoms with Crippen molar-refractivity contribution < 1.29 is 14.3 Å². The highest BCUT2D eigenvalue weighted by molar-refractivity contribution is 5.97. The first-order valence-electron chi connectivity index (χ1n) is 11.2. The summed E-state index contributed by atoms with van der Waals surface area (Å²) >= 11 is 0. The Hall–Kier alpha value is -3.50.